The summed E-state index contributed by atoms with van der Waals surface area (Å²) in [7, 11) is 0. The lowest BCUT2D eigenvalue weighted by Gasteiger charge is -2.20. The molecule has 0 N–H and O–H groups in total. The third kappa shape index (κ3) is 4.69. The summed E-state index contributed by atoms with van der Waals surface area (Å²) in [5, 5.41) is 10.2. The quantitative estimate of drug-likeness (QED) is 0.170. The molecule has 10 aromatic rings. The third-order valence-corrected chi connectivity index (χ3v) is 12.3. The summed E-state index contributed by atoms with van der Waals surface area (Å²) in [6.07, 6.45) is 12.7. The van der Waals surface area contributed by atoms with Crippen molar-refractivity contribution in [3.05, 3.63) is 206 Å². The molecule has 0 bridgehead atoms. The summed E-state index contributed by atoms with van der Waals surface area (Å²) in [4.78, 5) is 9.18. The van der Waals surface area contributed by atoms with Crippen molar-refractivity contribution in [3.8, 4) is 44.5 Å². The minimum Gasteiger partial charge on any atom is -0.253 e. The molecule has 0 radical (unpaired) electrons. The van der Waals surface area contributed by atoms with Crippen LogP contribution in [0.5, 0.6) is 0 Å². The minimum atomic E-state index is 0.386. The smallest absolute Gasteiger partial charge is 0.0892 e. The van der Waals surface area contributed by atoms with E-state index in [0.717, 1.165) is 22.2 Å². The summed E-state index contributed by atoms with van der Waals surface area (Å²) < 4.78 is 0. The lowest BCUT2D eigenvalue weighted by Crippen LogP contribution is -2.01. The molecule has 2 aliphatic rings. The number of hydrogen-bond acceptors (Lipinski definition) is 2. The summed E-state index contributed by atoms with van der Waals surface area (Å²) in [5.41, 5.74) is 14.4. The van der Waals surface area contributed by atoms with E-state index in [1.807, 2.05) is 0 Å². The van der Waals surface area contributed by atoms with Gasteiger partial charge < -0.3 is 0 Å². The Bertz CT molecular complexity index is 3290. The van der Waals surface area contributed by atoms with Gasteiger partial charge in [-0.15, -0.1) is 0 Å². The molecule has 2 unspecified atom stereocenters. The molecule has 0 aliphatic heterocycles. The largest absolute Gasteiger partial charge is 0.253 e. The highest BCUT2D eigenvalue weighted by Crippen LogP contribution is 2.53. The lowest BCUT2D eigenvalue weighted by molar-refractivity contribution is 0.769. The van der Waals surface area contributed by atoms with Crippen molar-refractivity contribution in [2.75, 3.05) is 0 Å². The molecule has 2 heteroatoms. The molecular formula is C54H34N2. The Morgan fingerprint density at radius 2 is 0.964 bits per heavy atom. The molecule has 0 spiro atoms. The molecule has 0 amide bonds. The fraction of sp³-hybridized carbons (Fsp3) is 0.0370. The average Bonchev–Trinajstić information content (AvgIpc) is 3.60. The van der Waals surface area contributed by atoms with Gasteiger partial charge in [0.2, 0.25) is 0 Å². The van der Waals surface area contributed by atoms with Crippen LogP contribution in [-0.2, 0) is 0 Å². The maximum absolute atomic E-state index is 4.64. The predicted molar refractivity (Wildman–Crippen MR) is 235 cm³/mol. The Morgan fingerprint density at radius 1 is 0.357 bits per heavy atom. The van der Waals surface area contributed by atoms with E-state index in [9.17, 15) is 0 Å². The molecule has 2 atom stereocenters. The highest BCUT2D eigenvalue weighted by Gasteiger charge is 2.33. The second kappa shape index (κ2) is 12.2. The molecule has 260 valence electrons. The van der Waals surface area contributed by atoms with Crippen LogP contribution in [0.2, 0.25) is 0 Å². The zero-order chi connectivity index (χ0) is 36.7. The molecular weight excluding hydrogens is 677 g/mol. The van der Waals surface area contributed by atoms with Crippen molar-refractivity contribution < 1.29 is 0 Å². The van der Waals surface area contributed by atoms with Crippen LogP contribution < -0.4 is 0 Å². The van der Waals surface area contributed by atoms with Gasteiger partial charge in [0, 0.05) is 24.2 Å². The van der Waals surface area contributed by atoms with Gasteiger partial charge in [-0.25, -0.2) is 0 Å². The molecule has 0 saturated heterocycles. The highest BCUT2D eigenvalue weighted by molar-refractivity contribution is 6.24. The maximum Gasteiger partial charge on any atom is 0.0892 e. The molecule has 56 heavy (non-hydrogen) atoms. The topological polar surface area (TPSA) is 25.8 Å². The van der Waals surface area contributed by atoms with E-state index < -0.39 is 0 Å². The van der Waals surface area contributed by atoms with Gasteiger partial charge in [0.25, 0.3) is 0 Å². The maximum atomic E-state index is 4.64. The Morgan fingerprint density at radius 3 is 1.80 bits per heavy atom. The first-order chi connectivity index (χ1) is 27.8. The molecule has 0 saturated carbocycles. The zero-order valence-electron chi connectivity index (χ0n) is 30.5. The van der Waals surface area contributed by atoms with Crippen molar-refractivity contribution in [2.24, 2.45) is 0 Å². The van der Waals surface area contributed by atoms with Gasteiger partial charge in [-0.3, -0.25) is 9.97 Å². The first kappa shape index (κ1) is 31.2. The van der Waals surface area contributed by atoms with Crippen LogP contribution in [0.3, 0.4) is 0 Å². The van der Waals surface area contributed by atoms with Crippen LogP contribution in [0.25, 0.3) is 98.6 Å². The normalized spacial score (nSPS) is 15.7. The fourth-order valence-corrected chi connectivity index (χ4v) is 9.74. The molecule has 12 rings (SSSR count). The zero-order valence-corrected chi connectivity index (χ0v) is 30.5. The Balaban J connectivity index is 1.12. The molecule has 9 aromatic carbocycles. The van der Waals surface area contributed by atoms with Gasteiger partial charge in [0.1, 0.15) is 0 Å². The molecule has 1 heterocycles. The Labute approximate surface area is 324 Å². The number of rotatable bonds is 4. The number of fused-ring (bicyclic) bond motifs is 7. The van der Waals surface area contributed by atoms with E-state index in [-0.39, 0.29) is 0 Å². The van der Waals surface area contributed by atoms with Crippen LogP contribution in [0, 0.1) is 0 Å². The van der Waals surface area contributed by atoms with Crippen molar-refractivity contribution in [1.82, 2.24) is 9.97 Å². The summed E-state index contributed by atoms with van der Waals surface area (Å²) >= 11 is 0. The van der Waals surface area contributed by atoms with Crippen molar-refractivity contribution >= 4 is 54.1 Å². The van der Waals surface area contributed by atoms with E-state index in [0.29, 0.717) is 11.8 Å². The highest BCUT2D eigenvalue weighted by atomic mass is 14.8. The predicted octanol–water partition coefficient (Wildman–Crippen LogP) is 14.2. The van der Waals surface area contributed by atoms with Crippen LogP contribution in [-0.4, -0.2) is 9.97 Å². The number of nitrogens with zero attached hydrogens (tertiary/aromatic N) is 2. The van der Waals surface area contributed by atoms with Gasteiger partial charge in [0.05, 0.1) is 11.0 Å². The number of aromatic nitrogens is 2. The first-order valence-electron chi connectivity index (χ1n) is 19.5. The van der Waals surface area contributed by atoms with Gasteiger partial charge >= 0.3 is 0 Å². The Hall–Kier alpha value is -7.16. The van der Waals surface area contributed by atoms with Crippen molar-refractivity contribution in [3.63, 3.8) is 0 Å². The molecule has 1 aromatic heterocycles. The van der Waals surface area contributed by atoms with E-state index in [4.69, 9.17) is 0 Å². The van der Waals surface area contributed by atoms with Gasteiger partial charge in [-0.1, -0.05) is 158 Å². The van der Waals surface area contributed by atoms with E-state index >= 15 is 0 Å². The number of hydrogen-bond donors (Lipinski definition) is 0. The van der Waals surface area contributed by atoms with Gasteiger partial charge in [0.15, 0.2) is 0 Å². The molecule has 2 aliphatic carbocycles. The van der Waals surface area contributed by atoms with Crippen molar-refractivity contribution in [2.45, 2.75) is 11.8 Å². The van der Waals surface area contributed by atoms with E-state index in [1.54, 1.807) is 12.4 Å². The summed E-state index contributed by atoms with van der Waals surface area (Å²) in [5.74, 6) is 0.771. The van der Waals surface area contributed by atoms with Crippen LogP contribution >= 0.6 is 0 Å². The summed E-state index contributed by atoms with van der Waals surface area (Å²) in [6.45, 7) is 0. The lowest BCUT2D eigenvalue weighted by atomic mass is 9.83. The van der Waals surface area contributed by atoms with E-state index in [1.165, 1.54) is 87.6 Å². The monoisotopic (exact) mass is 710 g/mol. The van der Waals surface area contributed by atoms with Crippen LogP contribution in [0.4, 0.5) is 0 Å². The first-order valence-corrected chi connectivity index (χ1v) is 19.5. The third-order valence-electron chi connectivity index (χ3n) is 12.3. The standard InChI is InChI=1S/C54H34N2/c1-2-9-36-30-37(21-18-33(36)8-1)34-16-19-35(20-17-34)52-43-12-5-6-13-44(43)54(47-26-25-46-41-11-4-3-10-40(41)42-14-7-15-45(47)53(42)46)48-24-22-38(31-49(48)52)39-23-27-50-51(32-39)56-29-28-55-50/h1-32,40-41H. The second-order valence-electron chi connectivity index (χ2n) is 15.2. The molecule has 0 fully saturated rings. The van der Waals surface area contributed by atoms with Gasteiger partial charge in [-0.05, 0) is 123 Å². The van der Waals surface area contributed by atoms with Crippen molar-refractivity contribution in [1.29, 1.82) is 0 Å². The number of benzene rings is 9. The average molecular weight is 711 g/mol. The van der Waals surface area contributed by atoms with Gasteiger partial charge in [-0.2, -0.15) is 0 Å². The fourth-order valence-electron chi connectivity index (χ4n) is 9.74. The summed E-state index contributed by atoms with van der Waals surface area (Å²) in [6, 6.07) is 58.7. The SMILES string of the molecule is C1=CC2c3cccc4c(-c5c6ccccc6c(-c6ccc(-c7ccc8ccccc8c7)cc6)c6cc(-c7ccc8nccnc8c7)ccc56)ccc(c34)C2C=C1. The number of allylic oxidation sites excluding steroid dienone is 4. The second-order valence-corrected chi connectivity index (χ2v) is 15.2. The van der Waals surface area contributed by atoms with Crippen LogP contribution in [0.15, 0.2) is 194 Å². The van der Waals surface area contributed by atoms with E-state index in [2.05, 4.69) is 192 Å². The Kier molecular flexibility index (Phi) is 6.79. The van der Waals surface area contributed by atoms with Crippen LogP contribution in [0.1, 0.15) is 23.0 Å². The minimum absolute atomic E-state index is 0.386. The molecule has 2 nitrogen and oxygen atoms in total.